The maximum Gasteiger partial charge on any atom is 0.321 e. The van der Waals surface area contributed by atoms with E-state index < -0.39 is 6.10 Å². The second-order valence-electron chi connectivity index (χ2n) is 7.63. The highest BCUT2D eigenvalue weighted by Gasteiger charge is 2.24. The van der Waals surface area contributed by atoms with E-state index >= 15 is 0 Å². The summed E-state index contributed by atoms with van der Waals surface area (Å²) in [6, 6.07) is 23.1. The normalized spacial score (nSPS) is 13.3. The van der Waals surface area contributed by atoms with Crippen molar-refractivity contribution in [2.45, 2.75) is 32.5 Å². The second-order valence-corrected chi connectivity index (χ2v) is 7.63. The zero-order valence-electron chi connectivity index (χ0n) is 17.5. The van der Waals surface area contributed by atoms with Gasteiger partial charge in [-0.2, -0.15) is 0 Å². The van der Waals surface area contributed by atoms with Crippen molar-refractivity contribution in [1.29, 1.82) is 0 Å². The quantitative estimate of drug-likeness (QED) is 0.470. The van der Waals surface area contributed by atoms with Gasteiger partial charge in [-0.05, 0) is 43.7 Å². The second kappa shape index (κ2) is 8.20. The van der Waals surface area contributed by atoms with Gasteiger partial charge in [0.1, 0.15) is 0 Å². The average Bonchev–Trinajstić information content (AvgIpc) is 3.11. The van der Waals surface area contributed by atoms with E-state index in [1.807, 2.05) is 61.5 Å². The first-order valence-corrected chi connectivity index (χ1v) is 10.3. The molecule has 1 heterocycles. The van der Waals surface area contributed by atoms with Gasteiger partial charge in [-0.3, -0.25) is 0 Å². The molecule has 0 aliphatic carbocycles. The number of aryl methyl sites for hydroxylation is 1. The Morgan fingerprint density at radius 3 is 2.40 bits per heavy atom. The number of nitrogens with zero attached hydrogens (tertiary/aromatic N) is 2. The van der Waals surface area contributed by atoms with Crippen LogP contribution in [0, 0.1) is 0 Å². The summed E-state index contributed by atoms with van der Waals surface area (Å²) < 4.78 is 2.28. The van der Waals surface area contributed by atoms with Crippen LogP contribution in [0.15, 0.2) is 72.8 Å². The van der Waals surface area contributed by atoms with Gasteiger partial charge >= 0.3 is 6.03 Å². The van der Waals surface area contributed by atoms with Gasteiger partial charge in [-0.15, -0.1) is 0 Å². The molecule has 2 N–H and O–H groups in total. The molecule has 0 aliphatic rings. The van der Waals surface area contributed by atoms with Crippen LogP contribution >= 0.6 is 0 Å². The molecule has 5 heteroatoms. The number of benzene rings is 3. The van der Waals surface area contributed by atoms with E-state index in [4.69, 9.17) is 0 Å². The van der Waals surface area contributed by atoms with Gasteiger partial charge in [0.15, 0.2) is 0 Å². The Morgan fingerprint density at radius 1 is 1.00 bits per heavy atom. The first kappa shape index (κ1) is 20.0. The minimum Gasteiger partial charge on any atom is -0.386 e. The number of hydrogen-bond donors (Lipinski definition) is 2. The van der Waals surface area contributed by atoms with E-state index in [1.54, 1.807) is 7.05 Å². The third-order valence-corrected chi connectivity index (χ3v) is 5.87. The van der Waals surface area contributed by atoms with Crippen LogP contribution in [-0.4, -0.2) is 33.7 Å². The van der Waals surface area contributed by atoms with Crippen LogP contribution in [0.4, 0.5) is 10.5 Å². The van der Waals surface area contributed by atoms with Gasteiger partial charge in [0.05, 0.1) is 12.1 Å². The van der Waals surface area contributed by atoms with E-state index in [0.29, 0.717) is 0 Å². The van der Waals surface area contributed by atoms with E-state index in [2.05, 4.69) is 35.0 Å². The number of aromatic nitrogens is 1. The number of para-hydroxylation sites is 1. The van der Waals surface area contributed by atoms with E-state index in [1.165, 1.54) is 15.8 Å². The van der Waals surface area contributed by atoms with Crippen LogP contribution in [0.5, 0.6) is 0 Å². The SMILES string of the molecule is CCn1c2ccccc2c2cc(NC(=O)N(C)[C@H](C)[C@@H](O)c3ccccc3)ccc21. The zero-order chi connectivity index (χ0) is 21.3. The Hall–Kier alpha value is -3.31. The molecule has 5 nitrogen and oxygen atoms in total. The molecule has 4 aromatic rings. The lowest BCUT2D eigenvalue weighted by atomic mass is 10.0. The van der Waals surface area contributed by atoms with Crippen LogP contribution in [0.25, 0.3) is 21.8 Å². The van der Waals surface area contributed by atoms with Crippen LogP contribution in [-0.2, 0) is 6.54 Å². The fraction of sp³-hybridized carbons (Fsp3) is 0.240. The van der Waals surface area contributed by atoms with Crippen LogP contribution < -0.4 is 5.32 Å². The van der Waals surface area contributed by atoms with Crippen molar-refractivity contribution < 1.29 is 9.90 Å². The summed E-state index contributed by atoms with van der Waals surface area (Å²) in [6.07, 6.45) is -0.757. The summed E-state index contributed by atoms with van der Waals surface area (Å²) in [5.41, 5.74) is 3.87. The summed E-state index contributed by atoms with van der Waals surface area (Å²) in [5.74, 6) is 0. The summed E-state index contributed by atoms with van der Waals surface area (Å²) >= 11 is 0. The standard InChI is InChI=1S/C25H27N3O2/c1-4-28-22-13-9-8-12-20(22)21-16-19(14-15-23(21)28)26-25(30)27(3)17(2)24(29)18-10-6-5-7-11-18/h5-17,24,29H,4H2,1-3H3,(H,26,30)/t17-,24-/m1/s1. The molecule has 0 radical (unpaired) electrons. The number of fused-ring (bicyclic) bond motifs is 3. The lowest BCUT2D eigenvalue weighted by Gasteiger charge is -2.29. The largest absolute Gasteiger partial charge is 0.386 e. The van der Waals surface area contributed by atoms with Gasteiger partial charge in [0.2, 0.25) is 0 Å². The number of amides is 2. The molecule has 2 amide bonds. The third-order valence-electron chi connectivity index (χ3n) is 5.87. The predicted octanol–water partition coefficient (Wildman–Crippen LogP) is 5.40. The van der Waals surface area contributed by atoms with Gasteiger partial charge in [0.25, 0.3) is 0 Å². The number of carbonyl (C=O) groups is 1. The number of aliphatic hydroxyl groups is 1. The number of carbonyl (C=O) groups excluding carboxylic acids is 1. The molecule has 0 aliphatic heterocycles. The molecule has 30 heavy (non-hydrogen) atoms. The minimum atomic E-state index is -0.757. The maximum absolute atomic E-state index is 12.8. The Kier molecular flexibility index (Phi) is 5.46. The molecule has 4 rings (SSSR count). The predicted molar refractivity (Wildman–Crippen MR) is 123 cm³/mol. The number of nitrogens with one attached hydrogen (secondary N) is 1. The summed E-state index contributed by atoms with van der Waals surface area (Å²) in [5, 5.41) is 15.9. The van der Waals surface area contributed by atoms with Crippen LogP contribution in [0.3, 0.4) is 0 Å². The summed E-state index contributed by atoms with van der Waals surface area (Å²) in [6.45, 7) is 4.86. The zero-order valence-corrected chi connectivity index (χ0v) is 17.5. The molecule has 154 valence electrons. The Bertz CT molecular complexity index is 1180. The molecular weight excluding hydrogens is 374 g/mol. The van der Waals surface area contributed by atoms with Crippen molar-refractivity contribution in [3.63, 3.8) is 0 Å². The number of anilines is 1. The van der Waals surface area contributed by atoms with Gasteiger partial charge in [-0.1, -0.05) is 48.5 Å². The molecule has 3 aromatic carbocycles. The number of likely N-dealkylation sites (N-methyl/N-ethyl adjacent to an activating group) is 1. The fourth-order valence-electron chi connectivity index (χ4n) is 4.01. The highest BCUT2D eigenvalue weighted by Crippen LogP contribution is 2.31. The molecule has 0 fully saturated rings. The first-order valence-electron chi connectivity index (χ1n) is 10.3. The highest BCUT2D eigenvalue weighted by molar-refractivity contribution is 6.09. The molecule has 0 saturated heterocycles. The monoisotopic (exact) mass is 401 g/mol. The maximum atomic E-state index is 12.8. The number of urea groups is 1. The Balaban J connectivity index is 1.57. The van der Waals surface area contributed by atoms with Crippen molar-refractivity contribution in [2.75, 3.05) is 12.4 Å². The molecule has 1 aromatic heterocycles. The smallest absolute Gasteiger partial charge is 0.321 e. The topological polar surface area (TPSA) is 57.5 Å². The first-order chi connectivity index (χ1) is 14.5. The average molecular weight is 402 g/mol. The van der Waals surface area contributed by atoms with Crippen molar-refractivity contribution in [3.8, 4) is 0 Å². The van der Waals surface area contributed by atoms with E-state index in [-0.39, 0.29) is 12.1 Å². The molecular formula is C25H27N3O2. The Labute approximate surface area is 176 Å². The van der Waals surface area contributed by atoms with Crippen LogP contribution in [0.2, 0.25) is 0 Å². The number of aliphatic hydroxyl groups excluding tert-OH is 1. The molecule has 0 unspecified atom stereocenters. The van der Waals surface area contributed by atoms with Crippen molar-refractivity contribution in [3.05, 3.63) is 78.4 Å². The molecule has 0 saturated carbocycles. The summed E-state index contributed by atoms with van der Waals surface area (Å²) in [7, 11) is 1.70. The van der Waals surface area contributed by atoms with Gasteiger partial charge in [0, 0.05) is 41.1 Å². The fourth-order valence-corrected chi connectivity index (χ4v) is 4.01. The minimum absolute atomic E-state index is 0.254. The molecule has 0 spiro atoms. The number of rotatable bonds is 5. The van der Waals surface area contributed by atoms with Crippen molar-refractivity contribution in [2.24, 2.45) is 0 Å². The Morgan fingerprint density at radius 2 is 1.67 bits per heavy atom. The van der Waals surface area contributed by atoms with Crippen molar-refractivity contribution >= 4 is 33.5 Å². The van der Waals surface area contributed by atoms with E-state index in [0.717, 1.165) is 28.7 Å². The summed E-state index contributed by atoms with van der Waals surface area (Å²) in [4.78, 5) is 14.4. The lowest BCUT2D eigenvalue weighted by molar-refractivity contribution is 0.0894. The van der Waals surface area contributed by atoms with Crippen molar-refractivity contribution in [1.82, 2.24) is 9.47 Å². The van der Waals surface area contributed by atoms with Gasteiger partial charge in [-0.25, -0.2) is 4.79 Å². The van der Waals surface area contributed by atoms with E-state index in [9.17, 15) is 9.90 Å². The third kappa shape index (κ3) is 3.53. The molecule has 0 bridgehead atoms. The molecule has 2 atom stereocenters. The van der Waals surface area contributed by atoms with Crippen LogP contribution in [0.1, 0.15) is 25.5 Å². The highest BCUT2D eigenvalue weighted by atomic mass is 16.3. The number of hydrogen-bond acceptors (Lipinski definition) is 2. The van der Waals surface area contributed by atoms with Gasteiger partial charge < -0.3 is 19.9 Å². The lowest BCUT2D eigenvalue weighted by Crippen LogP contribution is -2.41.